The quantitative estimate of drug-likeness (QED) is 0.633. The number of nitrogens with two attached hydrogens (primary N) is 1. The molecule has 0 aromatic carbocycles. The number of ether oxygens (including phenoxy) is 2. The van der Waals surface area contributed by atoms with Crippen molar-refractivity contribution >= 4 is 35.0 Å². The summed E-state index contributed by atoms with van der Waals surface area (Å²) < 4.78 is 11.1. The number of fused-ring (bicyclic) bond motifs is 4. The van der Waals surface area contributed by atoms with E-state index in [0.29, 0.717) is 12.2 Å². The number of allylic oxidation sites excluding steroid dienone is 1. The number of methoxy groups -OCH3 is 1. The van der Waals surface area contributed by atoms with Gasteiger partial charge in [-0.2, -0.15) is 0 Å². The molecule has 1 amide bonds. The van der Waals surface area contributed by atoms with Crippen LogP contribution >= 0.6 is 11.6 Å². The molecule has 0 radical (unpaired) electrons. The number of primary amides is 1. The number of piperazine rings is 1. The molecule has 1 aliphatic carbocycles. The Hall–Kier alpha value is -2.23. The molecule has 0 bridgehead atoms. The van der Waals surface area contributed by atoms with Crippen molar-refractivity contribution in [2.75, 3.05) is 33.9 Å². The maximum absolute atomic E-state index is 13.4. The molecule has 2 saturated heterocycles. The van der Waals surface area contributed by atoms with Crippen molar-refractivity contribution in [1.82, 2.24) is 9.80 Å². The molecule has 0 saturated carbocycles. The Morgan fingerprint density at radius 2 is 2.14 bits per heavy atom. The molecule has 0 aromatic rings. The fourth-order valence-electron chi connectivity index (χ4n) is 5.18. The van der Waals surface area contributed by atoms with Gasteiger partial charge in [0.15, 0.2) is 11.5 Å². The third kappa shape index (κ3) is 2.60. The van der Waals surface area contributed by atoms with Crippen molar-refractivity contribution in [1.29, 1.82) is 0 Å². The van der Waals surface area contributed by atoms with Crippen molar-refractivity contribution in [3.05, 3.63) is 22.9 Å². The minimum atomic E-state index is -0.976. The van der Waals surface area contributed by atoms with Gasteiger partial charge >= 0.3 is 6.09 Å². The van der Waals surface area contributed by atoms with Crippen molar-refractivity contribution in [3.8, 4) is 0 Å². The van der Waals surface area contributed by atoms with Crippen molar-refractivity contribution in [3.63, 3.8) is 0 Å². The number of carbonyl (C=O) groups excluding carboxylic acids is 3. The molecule has 2 N–H and O–H groups in total. The molecule has 0 aromatic heterocycles. The average molecular weight is 423 g/mol. The van der Waals surface area contributed by atoms with E-state index in [-0.39, 0.29) is 53.1 Å². The van der Waals surface area contributed by atoms with Gasteiger partial charge in [0, 0.05) is 30.3 Å². The fraction of sp³-hybridized carbons (Fsp3) is 0.579. The standard InChI is InChI=1S/C19H23ClN4O5/c1-8(20)5-22-13-9(2)15(25)14-12(16(13)26)10(7-29-18(21)27)19(28-4)17-11(23(17)3)6-24(14)19/h9-11,17H,1,5-7H2,2-4H3,(H2,21,27). The smallest absolute Gasteiger partial charge is 0.404 e. The van der Waals surface area contributed by atoms with E-state index in [2.05, 4.69) is 16.5 Å². The van der Waals surface area contributed by atoms with Crippen LogP contribution in [0.1, 0.15) is 6.92 Å². The normalized spacial score (nSPS) is 38.8. The molecule has 3 aliphatic heterocycles. The van der Waals surface area contributed by atoms with Crippen molar-refractivity contribution in [2.45, 2.75) is 24.7 Å². The Labute approximate surface area is 173 Å². The molecule has 2 fully saturated rings. The maximum atomic E-state index is 13.4. The second-order valence-electron chi connectivity index (χ2n) is 7.82. The highest BCUT2D eigenvalue weighted by atomic mass is 35.5. The SMILES string of the molecule is C=C(Cl)CN=C1C(=O)C2=C(C(=O)C1C)N1CC3C(N3C)C1(OC)C2COC(N)=O. The molecule has 6 unspecified atom stereocenters. The van der Waals surface area contributed by atoms with Gasteiger partial charge in [-0.25, -0.2) is 4.79 Å². The first-order valence-corrected chi connectivity index (χ1v) is 9.72. The molecule has 4 rings (SSSR count). The number of ketones is 2. The Morgan fingerprint density at radius 1 is 1.45 bits per heavy atom. The monoisotopic (exact) mass is 422 g/mol. The highest BCUT2D eigenvalue weighted by Crippen LogP contribution is 2.59. The van der Waals surface area contributed by atoms with Gasteiger partial charge in [-0.15, -0.1) is 0 Å². The molecule has 4 aliphatic rings. The summed E-state index contributed by atoms with van der Waals surface area (Å²) in [4.78, 5) is 46.3. The van der Waals surface area contributed by atoms with Crippen LogP contribution in [-0.4, -0.2) is 84.8 Å². The number of aliphatic imine (C=N–C) groups is 1. The van der Waals surface area contributed by atoms with E-state index in [9.17, 15) is 14.4 Å². The van der Waals surface area contributed by atoms with Gasteiger partial charge in [-0.1, -0.05) is 18.2 Å². The van der Waals surface area contributed by atoms with Crippen molar-refractivity contribution < 1.29 is 23.9 Å². The van der Waals surface area contributed by atoms with Crippen LogP contribution in [0.5, 0.6) is 0 Å². The summed E-state index contributed by atoms with van der Waals surface area (Å²) in [7, 11) is 3.50. The first-order valence-electron chi connectivity index (χ1n) is 9.34. The number of likely N-dealkylation sites (N-methyl/N-ethyl adjacent to an activating group) is 1. The number of Topliss-reactive ketones (excluding diaryl/α,β-unsaturated/α-hetero) is 2. The average Bonchev–Trinajstić information content (AvgIpc) is 3.04. The maximum Gasteiger partial charge on any atom is 0.404 e. The van der Waals surface area contributed by atoms with E-state index in [0.717, 1.165) is 0 Å². The van der Waals surface area contributed by atoms with Crippen LogP contribution in [0.15, 0.2) is 27.9 Å². The van der Waals surface area contributed by atoms with Gasteiger partial charge in [-0.3, -0.25) is 19.5 Å². The van der Waals surface area contributed by atoms with E-state index >= 15 is 0 Å². The van der Waals surface area contributed by atoms with Crippen LogP contribution in [0.25, 0.3) is 0 Å². The lowest BCUT2D eigenvalue weighted by molar-refractivity contribution is -0.145. The topological polar surface area (TPSA) is 114 Å². The number of halogens is 1. The highest BCUT2D eigenvalue weighted by Gasteiger charge is 2.75. The summed E-state index contributed by atoms with van der Waals surface area (Å²) in [5.41, 5.74) is 4.95. The lowest BCUT2D eigenvalue weighted by Gasteiger charge is -2.40. The van der Waals surface area contributed by atoms with Crippen molar-refractivity contribution in [2.24, 2.45) is 22.6 Å². The summed E-state index contributed by atoms with van der Waals surface area (Å²) >= 11 is 5.80. The molecule has 3 heterocycles. The fourth-order valence-corrected chi connectivity index (χ4v) is 5.24. The van der Waals surface area contributed by atoms with Crippen LogP contribution in [0.4, 0.5) is 4.79 Å². The number of nitrogens with zero attached hydrogens (tertiary/aromatic N) is 3. The van der Waals surface area contributed by atoms with Gasteiger partial charge in [0.05, 0.1) is 35.8 Å². The van der Waals surface area contributed by atoms with Gasteiger partial charge < -0.3 is 20.1 Å². The lowest BCUT2D eigenvalue weighted by atomic mass is 9.78. The first-order chi connectivity index (χ1) is 13.7. The van der Waals surface area contributed by atoms with E-state index in [4.69, 9.17) is 26.8 Å². The largest absolute Gasteiger partial charge is 0.449 e. The second kappa shape index (κ2) is 6.65. The molecular formula is C19H23ClN4O5. The zero-order valence-corrected chi connectivity index (χ0v) is 17.2. The minimum Gasteiger partial charge on any atom is -0.449 e. The Bertz CT molecular complexity index is 899. The zero-order chi connectivity index (χ0) is 21.2. The van der Waals surface area contributed by atoms with E-state index in [1.807, 2.05) is 11.9 Å². The number of hydrogen-bond donors (Lipinski definition) is 1. The molecule has 10 heteroatoms. The molecule has 6 atom stereocenters. The van der Waals surface area contributed by atoms with Gasteiger partial charge in [0.2, 0.25) is 5.78 Å². The summed E-state index contributed by atoms with van der Waals surface area (Å²) in [5.74, 6) is -1.93. The number of carbonyl (C=O) groups is 3. The second-order valence-corrected chi connectivity index (χ2v) is 8.36. The lowest BCUT2D eigenvalue weighted by Crippen LogP contribution is -2.55. The van der Waals surface area contributed by atoms with Crippen LogP contribution in [-0.2, 0) is 19.1 Å². The summed E-state index contributed by atoms with van der Waals surface area (Å²) in [6, 6.07) is 0.173. The summed E-state index contributed by atoms with van der Waals surface area (Å²) in [6.45, 7) is 5.66. The van der Waals surface area contributed by atoms with Crippen LogP contribution in [0, 0.1) is 11.8 Å². The number of amides is 1. The van der Waals surface area contributed by atoms with E-state index in [1.165, 1.54) is 0 Å². The Balaban J connectivity index is 1.83. The summed E-state index contributed by atoms with van der Waals surface area (Å²) in [5, 5.41) is 0.265. The molecule has 0 spiro atoms. The number of rotatable bonds is 5. The molecule has 156 valence electrons. The van der Waals surface area contributed by atoms with E-state index in [1.54, 1.807) is 14.0 Å². The third-order valence-electron chi connectivity index (χ3n) is 6.48. The van der Waals surface area contributed by atoms with E-state index < -0.39 is 23.7 Å². The van der Waals surface area contributed by atoms with Gasteiger partial charge in [0.1, 0.15) is 6.61 Å². The summed E-state index contributed by atoms with van der Waals surface area (Å²) in [6.07, 6.45) is -0.953. The molecular weight excluding hydrogens is 400 g/mol. The molecule has 29 heavy (non-hydrogen) atoms. The van der Waals surface area contributed by atoms with Crippen LogP contribution < -0.4 is 5.73 Å². The predicted molar refractivity (Wildman–Crippen MR) is 104 cm³/mol. The minimum absolute atomic E-state index is 0.0292. The Morgan fingerprint density at radius 3 is 2.72 bits per heavy atom. The van der Waals surface area contributed by atoms with Crippen LogP contribution in [0.3, 0.4) is 0 Å². The van der Waals surface area contributed by atoms with Crippen LogP contribution in [0.2, 0.25) is 0 Å². The Kier molecular flexibility index (Phi) is 4.60. The number of hydrogen-bond acceptors (Lipinski definition) is 8. The highest BCUT2D eigenvalue weighted by molar-refractivity contribution is 6.53. The predicted octanol–water partition coefficient (Wildman–Crippen LogP) is 0.288. The molecule has 9 nitrogen and oxygen atoms in total. The zero-order valence-electron chi connectivity index (χ0n) is 16.5. The van der Waals surface area contributed by atoms with Gasteiger partial charge in [0.25, 0.3) is 0 Å². The third-order valence-corrected chi connectivity index (χ3v) is 6.60. The first kappa shape index (κ1) is 20.1. The van der Waals surface area contributed by atoms with Gasteiger partial charge in [-0.05, 0) is 14.0 Å².